The molecule has 3 nitrogen and oxygen atoms in total. The average molecular weight is 296 g/mol. The molecule has 1 saturated carbocycles. The lowest BCUT2D eigenvalue weighted by molar-refractivity contribution is 0.681. The van der Waals surface area contributed by atoms with E-state index in [0.717, 1.165) is 28.5 Å². The number of hydrogen-bond acceptors (Lipinski definition) is 2. The van der Waals surface area contributed by atoms with Crippen molar-refractivity contribution in [3.63, 3.8) is 0 Å². The third-order valence-electron chi connectivity index (χ3n) is 3.32. The minimum absolute atomic E-state index is 0.645. The van der Waals surface area contributed by atoms with Gasteiger partial charge in [-0.05, 0) is 31.9 Å². The molecule has 1 heterocycles. The molecule has 100 valence electrons. The summed E-state index contributed by atoms with van der Waals surface area (Å²) < 4.78 is 1.80. The Morgan fingerprint density at radius 2 is 2.11 bits per heavy atom. The summed E-state index contributed by atoms with van der Waals surface area (Å²) in [5, 5.41) is 9.34. The second-order valence-electron chi connectivity index (χ2n) is 4.90. The lowest BCUT2D eigenvalue weighted by Crippen LogP contribution is -2.17. The molecule has 1 fully saturated rings. The SMILES string of the molecule is Cc1nn(-c2cccc(Cl)c2CNC2CC2)cc1Cl. The Morgan fingerprint density at radius 3 is 2.74 bits per heavy atom. The summed E-state index contributed by atoms with van der Waals surface area (Å²) in [7, 11) is 0. The molecule has 0 radical (unpaired) electrons. The van der Waals surface area contributed by atoms with Crippen LogP contribution in [0, 0.1) is 6.92 Å². The zero-order valence-electron chi connectivity index (χ0n) is 10.7. The molecular weight excluding hydrogens is 281 g/mol. The quantitative estimate of drug-likeness (QED) is 0.931. The lowest BCUT2D eigenvalue weighted by atomic mass is 10.1. The number of halogens is 2. The number of benzene rings is 1. The highest BCUT2D eigenvalue weighted by atomic mass is 35.5. The first-order valence-electron chi connectivity index (χ1n) is 6.38. The summed E-state index contributed by atoms with van der Waals surface area (Å²) in [4.78, 5) is 0. The molecule has 2 aromatic rings. The van der Waals surface area contributed by atoms with Crippen LogP contribution < -0.4 is 5.32 Å². The van der Waals surface area contributed by atoms with Crippen molar-refractivity contribution >= 4 is 23.2 Å². The molecule has 1 aliphatic rings. The van der Waals surface area contributed by atoms with Gasteiger partial charge in [-0.15, -0.1) is 0 Å². The van der Waals surface area contributed by atoms with E-state index in [0.29, 0.717) is 11.1 Å². The van der Waals surface area contributed by atoms with Crippen molar-refractivity contribution in [2.45, 2.75) is 32.4 Å². The third-order valence-corrected chi connectivity index (χ3v) is 4.05. The Bertz CT molecular complexity index is 583. The summed E-state index contributed by atoms with van der Waals surface area (Å²) in [6.07, 6.45) is 4.34. The molecule has 0 spiro atoms. The standard InChI is InChI=1S/C14H15Cl2N3/c1-9-13(16)8-19(18-9)14-4-2-3-12(15)11(14)7-17-10-5-6-10/h2-4,8,10,17H,5-7H2,1H3. The molecule has 0 bridgehead atoms. The number of aromatic nitrogens is 2. The molecule has 3 rings (SSSR count). The summed E-state index contributed by atoms with van der Waals surface area (Å²) >= 11 is 12.4. The van der Waals surface area contributed by atoms with Crippen molar-refractivity contribution < 1.29 is 0 Å². The van der Waals surface area contributed by atoms with Crippen LogP contribution in [-0.4, -0.2) is 15.8 Å². The maximum absolute atomic E-state index is 6.32. The van der Waals surface area contributed by atoms with E-state index >= 15 is 0 Å². The summed E-state index contributed by atoms with van der Waals surface area (Å²) in [5.41, 5.74) is 2.87. The van der Waals surface area contributed by atoms with Gasteiger partial charge in [-0.2, -0.15) is 5.10 Å². The van der Waals surface area contributed by atoms with Crippen molar-refractivity contribution in [1.29, 1.82) is 0 Å². The topological polar surface area (TPSA) is 29.9 Å². The molecular formula is C14H15Cl2N3. The second-order valence-corrected chi connectivity index (χ2v) is 5.71. The predicted octanol–water partition coefficient (Wildman–Crippen LogP) is 3.74. The van der Waals surface area contributed by atoms with Crippen LogP contribution in [0.15, 0.2) is 24.4 Å². The molecule has 1 aromatic carbocycles. The van der Waals surface area contributed by atoms with Gasteiger partial charge in [0.25, 0.3) is 0 Å². The van der Waals surface area contributed by atoms with Gasteiger partial charge in [-0.1, -0.05) is 29.3 Å². The van der Waals surface area contributed by atoms with Crippen molar-refractivity contribution in [3.05, 3.63) is 45.7 Å². The zero-order chi connectivity index (χ0) is 13.4. The number of rotatable bonds is 4. The Morgan fingerprint density at radius 1 is 1.32 bits per heavy atom. The van der Waals surface area contributed by atoms with Gasteiger partial charge in [0.2, 0.25) is 0 Å². The van der Waals surface area contributed by atoms with Gasteiger partial charge in [0.05, 0.1) is 16.4 Å². The maximum atomic E-state index is 6.32. The molecule has 1 N–H and O–H groups in total. The fourth-order valence-corrected chi connectivity index (χ4v) is 2.40. The van der Waals surface area contributed by atoms with E-state index in [1.807, 2.05) is 31.3 Å². The van der Waals surface area contributed by atoms with Gasteiger partial charge in [0.15, 0.2) is 0 Å². The highest BCUT2D eigenvalue weighted by Crippen LogP contribution is 2.26. The van der Waals surface area contributed by atoms with Gasteiger partial charge in [-0.3, -0.25) is 0 Å². The van der Waals surface area contributed by atoms with Crippen molar-refractivity contribution in [2.75, 3.05) is 0 Å². The van der Waals surface area contributed by atoms with Crippen LogP contribution in [0.3, 0.4) is 0 Å². The molecule has 1 aliphatic carbocycles. The molecule has 0 saturated heterocycles. The molecule has 0 amide bonds. The van der Waals surface area contributed by atoms with Crippen LogP contribution in [0.4, 0.5) is 0 Å². The first kappa shape index (κ1) is 13.0. The van der Waals surface area contributed by atoms with Crippen LogP contribution in [-0.2, 0) is 6.54 Å². The first-order chi connectivity index (χ1) is 9.15. The second kappa shape index (κ2) is 5.16. The fraction of sp³-hybridized carbons (Fsp3) is 0.357. The van der Waals surface area contributed by atoms with Gasteiger partial charge < -0.3 is 5.32 Å². The van der Waals surface area contributed by atoms with Crippen molar-refractivity contribution in [3.8, 4) is 5.69 Å². The van der Waals surface area contributed by atoms with E-state index < -0.39 is 0 Å². The van der Waals surface area contributed by atoms with E-state index in [9.17, 15) is 0 Å². The number of nitrogens with one attached hydrogen (secondary N) is 1. The smallest absolute Gasteiger partial charge is 0.0819 e. The highest BCUT2D eigenvalue weighted by molar-refractivity contribution is 6.31. The van der Waals surface area contributed by atoms with Crippen molar-refractivity contribution in [1.82, 2.24) is 15.1 Å². The maximum Gasteiger partial charge on any atom is 0.0819 e. The molecule has 5 heteroatoms. The fourth-order valence-electron chi connectivity index (χ4n) is 2.03. The van der Waals surface area contributed by atoms with Crippen LogP contribution >= 0.6 is 23.2 Å². The summed E-state index contributed by atoms with van der Waals surface area (Å²) in [6, 6.07) is 6.50. The Hall–Kier alpha value is -1.03. The predicted molar refractivity (Wildman–Crippen MR) is 78.2 cm³/mol. The van der Waals surface area contributed by atoms with Crippen LogP contribution in [0.25, 0.3) is 5.69 Å². The summed E-state index contributed by atoms with van der Waals surface area (Å²) in [6.45, 7) is 2.65. The van der Waals surface area contributed by atoms with Crippen LogP contribution in [0.5, 0.6) is 0 Å². The van der Waals surface area contributed by atoms with Gasteiger partial charge in [0, 0.05) is 29.4 Å². The highest BCUT2D eigenvalue weighted by Gasteiger charge is 2.21. The van der Waals surface area contributed by atoms with Crippen LogP contribution in [0.2, 0.25) is 10.0 Å². The Kier molecular flexibility index (Phi) is 3.52. The Labute approximate surface area is 122 Å². The molecule has 1 aromatic heterocycles. The molecule has 0 atom stereocenters. The average Bonchev–Trinajstić information content (AvgIpc) is 3.14. The molecule has 19 heavy (non-hydrogen) atoms. The number of nitrogens with zero attached hydrogens (tertiary/aromatic N) is 2. The van der Waals surface area contributed by atoms with E-state index in [1.165, 1.54) is 12.8 Å². The molecule has 0 aliphatic heterocycles. The van der Waals surface area contributed by atoms with Crippen molar-refractivity contribution in [2.24, 2.45) is 0 Å². The minimum atomic E-state index is 0.645. The number of hydrogen-bond donors (Lipinski definition) is 1. The zero-order valence-corrected chi connectivity index (χ0v) is 12.2. The van der Waals surface area contributed by atoms with Gasteiger partial charge >= 0.3 is 0 Å². The Balaban J connectivity index is 1.96. The van der Waals surface area contributed by atoms with Crippen LogP contribution in [0.1, 0.15) is 24.1 Å². The minimum Gasteiger partial charge on any atom is -0.310 e. The largest absolute Gasteiger partial charge is 0.310 e. The van der Waals surface area contributed by atoms with E-state index in [2.05, 4.69) is 10.4 Å². The van der Waals surface area contributed by atoms with E-state index in [4.69, 9.17) is 23.2 Å². The van der Waals surface area contributed by atoms with Gasteiger partial charge in [0.1, 0.15) is 0 Å². The van der Waals surface area contributed by atoms with E-state index in [-0.39, 0.29) is 0 Å². The first-order valence-corrected chi connectivity index (χ1v) is 7.13. The normalized spacial score (nSPS) is 14.9. The number of aryl methyl sites for hydroxylation is 1. The monoisotopic (exact) mass is 295 g/mol. The summed E-state index contributed by atoms with van der Waals surface area (Å²) in [5.74, 6) is 0. The third kappa shape index (κ3) is 2.78. The van der Waals surface area contributed by atoms with E-state index in [1.54, 1.807) is 4.68 Å². The van der Waals surface area contributed by atoms with Gasteiger partial charge in [-0.25, -0.2) is 4.68 Å². The molecule has 0 unspecified atom stereocenters. The lowest BCUT2D eigenvalue weighted by Gasteiger charge is -2.12.